The molecule has 27 heavy (non-hydrogen) atoms. The number of aromatic nitrogens is 1. The summed E-state index contributed by atoms with van der Waals surface area (Å²) in [5, 5.41) is 2.89. The number of anilines is 1. The maximum Gasteiger partial charge on any atom is 0.241 e. The summed E-state index contributed by atoms with van der Waals surface area (Å²) in [5.41, 5.74) is 1.63. The van der Waals surface area contributed by atoms with Crippen molar-refractivity contribution in [3.05, 3.63) is 42.0 Å². The van der Waals surface area contributed by atoms with E-state index in [0.717, 1.165) is 10.3 Å². The number of carbonyl (C=O) groups is 1. The lowest BCUT2D eigenvalue weighted by atomic mass is 10.2. The summed E-state index contributed by atoms with van der Waals surface area (Å²) < 4.78 is 36.0. The second kappa shape index (κ2) is 7.53. The van der Waals surface area contributed by atoms with Crippen molar-refractivity contribution in [2.24, 2.45) is 0 Å². The highest BCUT2D eigenvalue weighted by Gasteiger charge is 2.21. The van der Waals surface area contributed by atoms with Crippen molar-refractivity contribution in [2.75, 3.05) is 25.3 Å². The topological polar surface area (TPSA) is 94.6 Å². The van der Waals surface area contributed by atoms with Crippen LogP contribution in [0.5, 0.6) is 11.5 Å². The van der Waals surface area contributed by atoms with Gasteiger partial charge in [-0.2, -0.15) is 0 Å². The van der Waals surface area contributed by atoms with Crippen LogP contribution in [0.3, 0.4) is 0 Å². The normalized spacial score (nSPS) is 11.4. The molecule has 3 aromatic rings. The first-order valence-electron chi connectivity index (χ1n) is 7.95. The number of thiazole rings is 1. The van der Waals surface area contributed by atoms with Gasteiger partial charge in [0.2, 0.25) is 5.91 Å². The van der Waals surface area contributed by atoms with Crippen LogP contribution in [0.4, 0.5) is 5.13 Å². The molecule has 0 spiro atoms. The van der Waals surface area contributed by atoms with Gasteiger partial charge >= 0.3 is 0 Å². The average Bonchev–Trinajstić information content (AvgIpc) is 3.06. The van der Waals surface area contributed by atoms with Crippen LogP contribution in [0, 0.1) is 6.92 Å². The lowest BCUT2D eigenvalue weighted by Gasteiger charge is -2.05. The van der Waals surface area contributed by atoms with E-state index >= 15 is 0 Å². The smallest absolute Gasteiger partial charge is 0.241 e. The Labute approximate surface area is 160 Å². The van der Waals surface area contributed by atoms with Gasteiger partial charge in [-0.25, -0.2) is 13.4 Å². The highest BCUT2D eigenvalue weighted by Crippen LogP contribution is 2.34. The van der Waals surface area contributed by atoms with Crippen molar-refractivity contribution in [1.29, 1.82) is 0 Å². The Bertz CT molecular complexity index is 1090. The number of sulfone groups is 1. The fourth-order valence-corrected chi connectivity index (χ4v) is 4.62. The van der Waals surface area contributed by atoms with E-state index in [9.17, 15) is 13.2 Å². The number of nitrogens with one attached hydrogen (secondary N) is 1. The number of rotatable bonds is 6. The second-order valence-electron chi connectivity index (χ2n) is 5.76. The highest BCUT2D eigenvalue weighted by molar-refractivity contribution is 7.92. The molecule has 142 valence electrons. The van der Waals surface area contributed by atoms with Crippen molar-refractivity contribution in [3.63, 3.8) is 0 Å². The van der Waals surface area contributed by atoms with Gasteiger partial charge in [-0.3, -0.25) is 4.79 Å². The molecule has 2 aromatic carbocycles. The van der Waals surface area contributed by atoms with Gasteiger partial charge in [0.05, 0.1) is 23.8 Å². The van der Waals surface area contributed by atoms with Crippen LogP contribution in [-0.4, -0.2) is 39.3 Å². The molecule has 0 aliphatic carbocycles. The van der Waals surface area contributed by atoms with E-state index in [0.29, 0.717) is 22.1 Å². The zero-order valence-corrected chi connectivity index (χ0v) is 16.6. The summed E-state index contributed by atoms with van der Waals surface area (Å²) in [6, 6.07) is 9.59. The van der Waals surface area contributed by atoms with Gasteiger partial charge in [0.1, 0.15) is 22.8 Å². The number of methoxy groups -OCH3 is 2. The molecule has 1 amide bonds. The van der Waals surface area contributed by atoms with Gasteiger partial charge in [-0.05, 0) is 42.8 Å². The van der Waals surface area contributed by atoms with E-state index in [1.807, 2.05) is 13.0 Å². The minimum atomic E-state index is -3.77. The van der Waals surface area contributed by atoms with E-state index in [1.165, 1.54) is 42.7 Å². The standard InChI is InChI=1S/C18H18N2O5S2/c1-11-4-9-14(25-3)16-17(11)26-18(20-16)19-15(21)10-27(22,23)13-7-5-12(24-2)6-8-13/h4-9H,10H2,1-3H3,(H,19,20,21). The lowest BCUT2D eigenvalue weighted by Crippen LogP contribution is -2.22. The Morgan fingerprint density at radius 1 is 1.11 bits per heavy atom. The SMILES string of the molecule is COc1ccc(S(=O)(=O)CC(=O)Nc2nc3c(OC)ccc(C)c3s2)cc1. The van der Waals surface area contributed by atoms with Gasteiger partial charge in [-0.1, -0.05) is 17.4 Å². The van der Waals surface area contributed by atoms with E-state index < -0.39 is 21.5 Å². The first kappa shape index (κ1) is 19.1. The van der Waals surface area contributed by atoms with E-state index in [2.05, 4.69) is 10.3 Å². The molecule has 0 atom stereocenters. The minimum absolute atomic E-state index is 0.0558. The first-order valence-corrected chi connectivity index (χ1v) is 10.4. The molecule has 7 nitrogen and oxygen atoms in total. The Kier molecular flexibility index (Phi) is 5.33. The van der Waals surface area contributed by atoms with Gasteiger partial charge in [-0.15, -0.1) is 0 Å². The predicted molar refractivity (Wildman–Crippen MR) is 105 cm³/mol. The van der Waals surface area contributed by atoms with E-state index in [-0.39, 0.29) is 4.90 Å². The maximum absolute atomic E-state index is 12.4. The summed E-state index contributed by atoms with van der Waals surface area (Å²) in [6.45, 7) is 1.93. The Morgan fingerprint density at radius 3 is 2.44 bits per heavy atom. The molecule has 9 heteroatoms. The third kappa shape index (κ3) is 4.04. The summed E-state index contributed by atoms with van der Waals surface area (Å²) in [7, 11) is -0.735. The molecular weight excluding hydrogens is 388 g/mol. The number of carbonyl (C=O) groups excluding carboxylic acids is 1. The molecule has 0 aliphatic rings. The molecule has 1 N–H and O–H groups in total. The molecule has 0 saturated heterocycles. The van der Waals surface area contributed by atoms with Crippen LogP contribution in [0.1, 0.15) is 5.56 Å². The van der Waals surface area contributed by atoms with Gasteiger partial charge in [0.25, 0.3) is 0 Å². The van der Waals surface area contributed by atoms with Crippen LogP contribution in [0.2, 0.25) is 0 Å². The van der Waals surface area contributed by atoms with Crippen molar-refractivity contribution in [2.45, 2.75) is 11.8 Å². The first-order chi connectivity index (χ1) is 12.8. The van der Waals surface area contributed by atoms with Crippen LogP contribution >= 0.6 is 11.3 Å². The molecule has 1 aromatic heterocycles. The lowest BCUT2D eigenvalue weighted by molar-refractivity contribution is -0.113. The summed E-state index contributed by atoms with van der Waals surface area (Å²) >= 11 is 1.27. The van der Waals surface area contributed by atoms with E-state index in [1.54, 1.807) is 13.2 Å². The fraction of sp³-hybridized carbons (Fsp3) is 0.222. The largest absolute Gasteiger partial charge is 0.497 e. The third-order valence-corrected chi connectivity index (χ3v) is 6.65. The van der Waals surface area contributed by atoms with Crippen LogP contribution < -0.4 is 14.8 Å². The number of fused-ring (bicyclic) bond motifs is 1. The molecule has 0 saturated carbocycles. The quantitative estimate of drug-likeness (QED) is 0.676. The monoisotopic (exact) mass is 406 g/mol. The van der Waals surface area contributed by atoms with Gasteiger partial charge in [0, 0.05) is 0 Å². The number of aryl methyl sites for hydroxylation is 1. The molecular formula is C18H18N2O5S2. The molecule has 0 radical (unpaired) electrons. The predicted octanol–water partition coefficient (Wildman–Crippen LogP) is 3.03. The van der Waals surface area contributed by atoms with Gasteiger partial charge in [0.15, 0.2) is 15.0 Å². The van der Waals surface area contributed by atoms with Crippen molar-refractivity contribution in [3.8, 4) is 11.5 Å². The molecule has 0 fully saturated rings. The Balaban J connectivity index is 1.79. The molecule has 1 heterocycles. The zero-order valence-electron chi connectivity index (χ0n) is 15.0. The van der Waals surface area contributed by atoms with Crippen molar-refractivity contribution in [1.82, 2.24) is 4.98 Å². The zero-order chi connectivity index (χ0) is 19.6. The molecule has 0 unspecified atom stereocenters. The number of ether oxygens (including phenoxy) is 2. The number of amides is 1. The molecule has 0 aliphatic heterocycles. The minimum Gasteiger partial charge on any atom is -0.497 e. The van der Waals surface area contributed by atoms with Crippen LogP contribution in [0.25, 0.3) is 10.2 Å². The fourth-order valence-electron chi connectivity index (χ4n) is 2.52. The Hall–Kier alpha value is -2.65. The highest BCUT2D eigenvalue weighted by atomic mass is 32.2. The van der Waals surface area contributed by atoms with Crippen molar-refractivity contribution >= 4 is 42.4 Å². The average molecular weight is 406 g/mol. The van der Waals surface area contributed by atoms with Crippen LogP contribution in [-0.2, 0) is 14.6 Å². The van der Waals surface area contributed by atoms with E-state index in [4.69, 9.17) is 9.47 Å². The van der Waals surface area contributed by atoms with Gasteiger partial charge < -0.3 is 14.8 Å². The summed E-state index contributed by atoms with van der Waals surface area (Å²) in [4.78, 5) is 16.7. The summed E-state index contributed by atoms with van der Waals surface area (Å²) in [6.07, 6.45) is 0. The summed E-state index contributed by atoms with van der Waals surface area (Å²) in [5.74, 6) is -0.192. The van der Waals surface area contributed by atoms with Crippen LogP contribution in [0.15, 0.2) is 41.3 Å². The third-order valence-electron chi connectivity index (χ3n) is 3.91. The molecule has 3 rings (SSSR count). The molecule has 0 bridgehead atoms. The number of hydrogen-bond acceptors (Lipinski definition) is 7. The number of benzene rings is 2. The number of hydrogen-bond donors (Lipinski definition) is 1. The second-order valence-corrected chi connectivity index (χ2v) is 8.75. The maximum atomic E-state index is 12.4. The van der Waals surface area contributed by atoms with Crippen molar-refractivity contribution < 1.29 is 22.7 Å². The Morgan fingerprint density at radius 2 is 1.81 bits per heavy atom. The number of nitrogens with zero attached hydrogens (tertiary/aromatic N) is 1.